The van der Waals surface area contributed by atoms with E-state index >= 15 is 0 Å². The van der Waals surface area contributed by atoms with Gasteiger partial charge in [0.2, 0.25) is 0 Å². The second kappa shape index (κ2) is 5.16. The van der Waals surface area contributed by atoms with E-state index in [1.165, 1.54) is 36.1 Å². The Morgan fingerprint density at radius 3 is 2.75 bits per heavy atom. The van der Waals surface area contributed by atoms with Crippen molar-refractivity contribution < 1.29 is 0 Å². The molecule has 2 heteroatoms. The van der Waals surface area contributed by atoms with Crippen molar-refractivity contribution in [3.63, 3.8) is 0 Å². The van der Waals surface area contributed by atoms with Crippen LogP contribution in [0.5, 0.6) is 0 Å². The van der Waals surface area contributed by atoms with E-state index in [0.29, 0.717) is 11.6 Å². The summed E-state index contributed by atoms with van der Waals surface area (Å²) in [5.41, 5.74) is 4.63. The molecule has 2 unspecified atom stereocenters. The van der Waals surface area contributed by atoms with Crippen molar-refractivity contribution in [1.29, 1.82) is 0 Å². The number of hydrogen-bond donors (Lipinski definition) is 1. The van der Waals surface area contributed by atoms with E-state index in [4.69, 9.17) is 0 Å². The molecule has 1 aromatic rings. The van der Waals surface area contributed by atoms with Crippen LogP contribution >= 0.6 is 0 Å². The molecule has 0 radical (unpaired) electrons. The maximum absolute atomic E-state index is 3.81. The highest BCUT2D eigenvalue weighted by Gasteiger charge is 2.45. The van der Waals surface area contributed by atoms with Crippen LogP contribution in [-0.4, -0.2) is 29.6 Å². The normalized spacial score (nSPS) is 31.5. The predicted molar refractivity (Wildman–Crippen MR) is 84.9 cm³/mol. The van der Waals surface area contributed by atoms with E-state index in [-0.39, 0.29) is 0 Å². The molecule has 0 aromatic heterocycles. The van der Waals surface area contributed by atoms with Crippen LogP contribution in [-0.2, 0) is 6.54 Å². The summed E-state index contributed by atoms with van der Waals surface area (Å²) in [4.78, 5) is 2.68. The second-order valence-corrected chi connectivity index (χ2v) is 7.26. The SMILES string of the molecule is Cc1ccc(C)c(CN2CC(C)(C3CC3)NCC2C)c1. The molecule has 1 saturated heterocycles. The molecule has 20 heavy (non-hydrogen) atoms. The molecule has 110 valence electrons. The topological polar surface area (TPSA) is 15.3 Å². The Morgan fingerprint density at radius 2 is 2.05 bits per heavy atom. The summed E-state index contributed by atoms with van der Waals surface area (Å²) in [6, 6.07) is 7.46. The Morgan fingerprint density at radius 1 is 1.30 bits per heavy atom. The molecule has 1 heterocycles. The third kappa shape index (κ3) is 2.77. The van der Waals surface area contributed by atoms with Gasteiger partial charge in [-0.1, -0.05) is 23.8 Å². The lowest BCUT2D eigenvalue weighted by atomic mass is 9.90. The van der Waals surface area contributed by atoms with E-state index < -0.39 is 0 Å². The van der Waals surface area contributed by atoms with E-state index in [1.807, 2.05) is 0 Å². The Labute approximate surface area is 123 Å². The molecular formula is C18H28N2. The minimum Gasteiger partial charge on any atom is -0.308 e. The second-order valence-electron chi connectivity index (χ2n) is 7.26. The Balaban J connectivity index is 1.76. The zero-order valence-corrected chi connectivity index (χ0v) is 13.4. The van der Waals surface area contributed by atoms with Crippen molar-refractivity contribution in [3.8, 4) is 0 Å². The highest BCUT2D eigenvalue weighted by Crippen LogP contribution is 2.41. The first-order valence-corrected chi connectivity index (χ1v) is 8.03. The van der Waals surface area contributed by atoms with Crippen LogP contribution in [0.2, 0.25) is 0 Å². The molecule has 0 bridgehead atoms. The maximum Gasteiger partial charge on any atom is 0.0309 e. The van der Waals surface area contributed by atoms with Gasteiger partial charge in [-0.15, -0.1) is 0 Å². The lowest BCUT2D eigenvalue weighted by molar-refractivity contribution is 0.0769. The first-order valence-electron chi connectivity index (χ1n) is 8.03. The number of nitrogens with zero attached hydrogens (tertiary/aromatic N) is 1. The lowest BCUT2D eigenvalue weighted by Gasteiger charge is -2.46. The number of hydrogen-bond acceptors (Lipinski definition) is 2. The molecule has 0 amide bonds. The molecule has 0 spiro atoms. The summed E-state index contributed by atoms with van der Waals surface area (Å²) in [6.07, 6.45) is 2.82. The van der Waals surface area contributed by atoms with Gasteiger partial charge in [-0.25, -0.2) is 0 Å². The lowest BCUT2D eigenvalue weighted by Crippen LogP contribution is -2.62. The Hall–Kier alpha value is -0.860. The summed E-state index contributed by atoms with van der Waals surface area (Å²) in [7, 11) is 0. The van der Waals surface area contributed by atoms with E-state index in [1.54, 1.807) is 0 Å². The summed E-state index contributed by atoms with van der Waals surface area (Å²) < 4.78 is 0. The van der Waals surface area contributed by atoms with Crippen LogP contribution < -0.4 is 5.32 Å². The molecule has 1 N–H and O–H groups in total. The van der Waals surface area contributed by atoms with Gasteiger partial charge in [0.15, 0.2) is 0 Å². The summed E-state index contributed by atoms with van der Waals surface area (Å²) in [5.74, 6) is 0.899. The van der Waals surface area contributed by atoms with Crippen LogP contribution in [0.25, 0.3) is 0 Å². The maximum atomic E-state index is 3.81. The van der Waals surface area contributed by atoms with Gasteiger partial charge in [-0.2, -0.15) is 0 Å². The van der Waals surface area contributed by atoms with Crippen LogP contribution in [0.4, 0.5) is 0 Å². The van der Waals surface area contributed by atoms with Gasteiger partial charge in [0, 0.05) is 31.2 Å². The Kier molecular flexibility index (Phi) is 3.64. The first-order chi connectivity index (χ1) is 9.48. The number of nitrogens with one attached hydrogen (secondary N) is 1. The zero-order valence-electron chi connectivity index (χ0n) is 13.4. The largest absolute Gasteiger partial charge is 0.308 e. The summed E-state index contributed by atoms with van der Waals surface area (Å²) >= 11 is 0. The molecule has 2 atom stereocenters. The van der Waals surface area contributed by atoms with Gasteiger partial charge in [-0.05, 0) is 57.6 Å². The quantitative estimate of drug-likeness (QED) is 0.908. The molecular weight excluding hydrogens is 244 g/mol. The standard InChI is InChI=1S/C18H28N2/c1-13-5-6-14(2)16(9-13)11-20-12-18(4,17-7-8-17)19-10-15(20)3/h5-6,9,15,17,19H,7-8,10-12H2,1-4H3. The van der Waals surface area contributed by atoms with Crippen molar-refractivity contribution >= 4 is 0 Å². The fourth-order valence-corrected chi connectivity index (χ4v) is 3.54. The number of rotatable bonds is 3. The van der Waals surface area contributed by atoms with E-state index in [2.05, 4.69) is 56.1 Å². The molecule has 1 saturated carbocycles. The van der Waals surface area contributed by atoms with Gasteiger partial charge in [0.25, 0.3) is 0 Å². The van der Waals surface area contributed by atoms with Crippen molar-refractivity contribution in [2.45, 2.75) is 58.7 Å². The van der Waals surface area contributed by atoms with Gasteiger partial charge in [0.05, 0.1) is 0 Å². The highest BCUT2D eigenvalue weighted by atomic mass is 15.3. The Bertz CT molecular complexity index is 492. The van der Waals surface area contributed by atoms with E-state index in [9.17, 15) is 0 Å². The molecule has 3 rings (SSSR count). The predicted octanol–water partition coefficient (Wildman–Crippen LogP) is 3.27. The number of piperazine rings is 1. The smallest absolute Gasteiger partial charge is 0.0309 e. The van der Waals surface area contributed by atoms with Crippen molar-refractivity contribution in [3.05, 3.63) is 34.9 Å². The van der Waals surface area contributed by atoms with Crippen molar-refractivity contribution in [1.82, 2.24) is 10.2 Å². The summed E-state index contributed by atoms with van der Waals surface area (Å²) in [5, 5.41) is 3.81. The van der Waals surface area contributed by atoms with Gasteiger partial charge in [0.1, 0.15) is 0 Å². The van der Waals surface area contributed by atoms with Gasteiger partial charge >= 0.3 is 0 Å². The average Bonchev–Trinajstić information content (AvgIpc) is 3.23. The van der Waals surface area contributed by atoms with Crippen LogP contribution in [0, 0.1) is 19.8 Å². The summed E-state index contributed by atoms with van der Waals surface area (Å²) in [6.45, 7) is 12.6. The molecule has 2 nitrogen and oxygen atoms in total. The fourth-order valence-electron chi connectivity index (χ4n) is 3.54. The minimum atomic E-state index is 0.338. The first kappa shape index (κ1) is 14.1. The zero-order chi connectivity index (χ0) is 14.3. The van der Waals surface area contributed by atoms with Crippen molar-refractivity contribution in [2.24, 2.45) is 5.92 Å². The molecule has 1 aliphatic heterocycles. The number of benzene rings is 1. The average molecular weight is 272 g/mol. The van der Waals surface area contributed by atoms with Crippen LogP contribution in [0.3, 0.4) is 0 Å². The third-order valence-electron chi connectivity index (χ3n) is 5.31. The molecule has 2 fully saturated rings. The minimum absolute atomic E-state index is 0.338. The van der Waals surface area contributed by atoms with Crippen molar-refractivity contribution in [2.75, 3.05) is 13.1 Å². The van der Waals surface area contributed by atoms with Gasteiger partial charge < -0.3 is 5.32 Å². The molecule has 1 aliphatic carbocycles. The van der Waals surface area contributed by atoms with E-state index in [0.717, 1.165) is 19.0 Å². The molecule has 2 aliphatic rings. The fraction of sp³-hybridized carbons (Fsp3) is 0.667. The van der Waals surface area contributed by atoms with Crippen LogP contribution in [0.1, 0.15) is 43.4 Å². The monoisotopic (exact) mass is 272 g/mol. The van der Waals surface area contributed by atoms with Crippen LogP contribution in [0.15, 0.2) is 18.2 Å². The number of aryl methyl sites for hydroxylation is 2. The van der Waals surface area contributed by atoms with Gasteiger partial charge in [-0.3, -0.25) is 4.90 Å². The molecule has 1 aromatic carbocycles. The highest BCUT2D eigenvalue weighted by molar-refractivity contribution is 5.30. The third-order valence-corrected chi connectivity index (χ3v) is 5.31.